The van der Waals surface area contributed by atoms with E-state index < -0.39 is 0 Å². The molecule has 0 amide bonds. The van der Waals surface area contributed by atoms with E-state index in [1.807, 2.05) is 24.4 Å². The van der Waals surface area contributed by atoms with Crippen LogP contribution in [-0.2, 0) is 6.42 Å². The maximum absolute atomic E-state index is 5.35. The first kappa shape index (κ1) is 10.2. The minimum Gasteiger partial charge on any atom is -0.330 e. The van der Waals surface area contributed by atoms with Crippen molar-refractivity contribution < 1.29 is 0 Å². The minimum absolute atomic E-state index is 0.729. The lowest BCUT2D eigenvalue weighted by molar-refractivity contribution is 0.636. The lowest BCUT2D eigenvalue weighted by atomic mass is 10.3. The molecule has 0 saturated carbocycles. The van der Waals surface area contributed by atoms with Gasteiger partial charge in [0.25, 0.3) is 0 Å². The van der Waals surface area contributed by atoms with Crippen LogP contribution in [0.4, 0.5) is 0 Å². The summed E-state index contributed by atoms with van der Waals surface area (Å²) in [4.78, 5) is 4.21. The molecule has 1 aromatic rings. The molecule has 71 valence electrons. The van der Waals surface area contributed by atoms with Gasteiger partial charge in [0.05, 0.1) is 0 Å². The van der Waals surface area contributed by atoms with Crippen LogP contribution in [0.15, 0.2) is 24.4 Å². The molecule has 1 heterocycles. The second kappa shape index (κ2) is 6.57. The molecule has 1 radical (unpaired) electrons. The Bertz CT molecular complexity index is 211. The minimum atomic E-state index is 0.729. The molecule has 3 nitrogen and oxygen atoms in total. The van der Waals surface area contributed by atoms with Crippen LogP contribution in [0.2, 0.25) is 0 Å². The van der Waals surface area contributed by atoms with Gasteiger partial charge in [-0.3, -0.25) is 4.98 Å². The topological polar surface area (TPSA) is 53.0 Å². The van der Waals surface area contributed by atoms with Crippen molar-refractivity contribution in [1.29, 1.82) is 0 Å². The molecule has 3 heteroatoms. The van der Waals surface area contributed by atoms with Crippen molar-refractivity contribution in [2.24, 2.45) is 5.73 Å². The molecule has 0 spiro atoms. The van der Waals surface area contributed by atoms with E-state index in [1.165, 1.54) is 0 Å². The van der Waals surface area contributed by atoms with Crippen LogP contribution in [0.25, 0.3) is 0 Å². The fourth-order valence-electron chi connectivity index (χ4n) is 1.05. The van der Waals surface area contributed by atoms with Gasteiger partial charge >= 0.3 is 0 Å². The highest BCUT2D eigenvalue weighted by atomic mass is 14.9. The molecule has 0 fully saturated rings. The summed E-state index contributed by atoms with van der Waals surface area (Å²) in [7, 11) is 0. The third-order valence-corrected chi connectivity index (χ3v) is 1.77. The van der Waals surface area contributed by atoms with E-state index in [4.69, 9.17) is 5.73 Å². The van der Waals surface area contributed by atoms with Gasteiger partial charge in [-0.2, -0.15) is 0 Å². The molecule has 1 aromatic heterocycles. The Morgan fingerprint density at radius 3 is 2.92 bits per heavy atom. The van der Waals surface area contributed by atoms with E-state index in [1.54, 1.807) is 0 Å². The van der Waals surface area contributed by atoms with Gasteiger partial charge in [0.15, 0.2) is 0 Å². The second-order valence-electron chi connectivity index (χ2n) is 2.88. The van der Waals surface area contributed by atoms with Crippen molar-refractivity contribution in [3.63, 3.8) is 0 Å². The molecule has 0 aliphatic carbocycles. The van der Waals surface area contributed by atoms with Crippen LogP contribution in [0.3, 0.4) is 0 Å². The number of rotatable bonds is 6. The monoisotopic (exact) mass is 178 g/mol. The molecule has 0 aliphatic heterocycles. The number of hydrogen-bond acceptors (Lipinski definition) is 2. The quantitative estimate of drug-likeness (QED) is 0.648. The molecular weight excluding hydrogens is 162 g/mol. The van der Waals surface area contributed by atoms with Crippen LogP contribution >= 0.6 is 0 Å². The number of aromatic nitrogens is 1. The van der Waals surface area contributed by atoms with Gasteiger partial charge < -0.3 is 5.73 Å². The van der Waals surface area contributed by atoms with Crippen molar-refractivity contribution in [3.8, 4) is 0 Å². The average Bonchev–Trinajstić information content (AvgIpc) is 2.19. The fraction of sp³-hybridized carbons (Fsp3) is 0.500. The Labute approximate surface area is 79.4 Å². The Balaban J connectivity index is 2.07. The number of nitrogens with zero attached hydrogens (tertiary/aromatic N) is 2. The summed E-state index contributed by atoms with van der Waals surface area (Å²) in [6, 6.07) is 5.95. The summed E-state index contributed by atoms with van der Waals surface area (Å²) in [6.07, 6.45) is 3.74. The maximum atomic E-state index is 5.35. The van der Waals surface area contributed by atoms with Gasteiger partial charge in [-0.05, 0) is 25.1 Å². The molecule has 1 rings (SSSR count). The van der Waals surface area contributed by atoms with Crippen LogP contribution in [0.5, 0.6) is 0 Å². The lowest BCUT2D eigenvalue weighted by Crippen LogP contribution is -2.14. The predicted molar refractivity (Wildman–Crippen MR) is 53.5 cm³/mol. The molecule has 13 heavy (non-hydrogen) atoms. The third-order valence-electron chi connectivity index (χ3n) is 1.77. The van der Waals surface area contributed by atoms with Gasteiger partial charge in [-0.15, -0.1) is 0 Å². The van der Waals surface area contributed by atoms with Crippen LogP contribution in [-0.4, -0.2) is 24.6 Å². The SMILES string of the molecule is NCCC[N]CCc1ccccn1. The summed E-state index contributed by atoms with van der Waals surface area (Å²) in [6.45, 7) is 2.47. The zero-order valence-electron chi connectivity index (χ0n) is 7.82. The Kier molecular flexibility index (Phi) is 5.13. The standard InChI is InChI=1S/C10H16N3/c11-6-3-7-12-9-5-10-4-1-2-8-13-10/h1-2,4,8H,3,5-7,9,11H2. The van der Waals surface area contributed by atoms with E-state index in [9.17, 15) is 0 Å². The molecular formula is C10H16N3. The molecule has 0 atom stereocenters. The molecule has 0 aliphatic rings. The van der Waals surface area contributed by atoms with Gasteiger partial charge in [-0.25, -0.2) is 5.32 Å². The first-order chi connectivity index (χ1) is 6.43. The lowest BCUT2D eigenvalue weighted by Gasteiger charge is -2.00. The van der Waals surface area contributed by atoms with Crippen molar-refractivity contribution in [2.45, 2.75) is 12.8 Å². The highest BCUT2D eigenvalue weighted by Gasteiger charge is 1.92. The van der Waals surface area contributed by atoms with Crippen molar-refractivity contribution in [1.82, 2.24) is 10.3 Å². The first-order valence-electron chi connectivity index (χ1n) is 4.66. The summed E-state index contributed by atoms with van der Waals surface area (Å²) < 4.78 is 0. The molecule has 0 bridgehead atoms. The summed E-state index contributed by atoms with van der Waals surface area (Å²) in [5.74, 6) is 0. The number of hydrogen-bond donors (Lipinski definition) is 1. The first-order valence-corrected chi connectivity index (χ1v) is 4.66. The largest absolute Gasteiger partial charge is 0.330 e. The average molecular weight is 178 g/mol. The normalized spacial score (nSPS) is 10.2. The van der Waals surface area contributed by atoms with Crippen molar-refractivity contribution in [2.75, 3.05) is 19.6 Å². The van der Waals surface area contributed by atoms with Crippen LogP contribution < -0.4 is 11.1 Å². The number of nitrogens with two attached hydrogens (primary N) is 1. The van der Waals surface area contributed by atoms with Crippen molar-refractivity contribution >= 4 is 0 Å². The summed E-state index contributed by atoms with van der Waals surface area (Å²) in [5, 5.41) is 4.34. The second-order valence-corrected chi connectivity index (χ2v) is 2.88. The smallest absolute Gasteiger partial charge is 0.0416 e. The van der Waals surface area contributed by atoms with E-state index >= 15 is 0 Å². The Morgan fingerprint density at radius 1 is 1.31 bits per heavy atom. The van der Waals surface area contributed by atoms with Gasteiger partial charge in [0.1, 0.15) is 0 Å². The highest BCUT2D eigenvalue weighted by Crippen LogP contribution is 1.93. The van der Waals surface area contributed by atoms with Crippen LogP contribution in [0.1, 0.15) is 12.1 Å². The van der Waals surface area contributed by atoms with Crippen molar-refractivity contribution in [3.05, 3.63) is 30.1 Å². The Morgan fingerprint density at radius 2 is 2.23 bits per heavy atom. The zero-order valence-corrected chi connectivity index (χ0v) is 7.82. The van der Waals surface area contributed by atoms with E-state index in [0.29, 0.717) is 0 Å². The van der Waals surface area contributed by atoms with E-state index in [2.05, 4.69) is 10.3 Å². The van der Waals surface area contributed by atoms with Crippen LogP contribution in [0, 0.1) is 0 Å². The van der Waals surface area contributed by atoms with Gasteiger partial charge in [-0.1, -0.05) is 6.07 Å². The van der Waals surface area contributed by atoms with E-state index in [0.717, 1.165) is 38.2 Å². The third kappa shape index (κ3) is 4.60. The fourth-order valence-corrected chi connectivity index (χ4v) is 1.05. The zero-order chi connectivity index (χ0) is 9.36. The summed E-state index contributed by atoms with van der Waals surface area (Å²) in [5.41, 5.74) is 6.46. The molecule has 0 saturated heterocycles. The molecule has 2 N–H and O–H groups in total. The van der Waals surface area contributed by atoms with E-state index in [-0.39, 0.29) is 0 Å². The molecule has 0 unspecified atom stereocenters. The molecule has 0 aromatic carbocycles. The number of pyridine rings is 1. The summed E-state index contributed by atoms with van der Waals surface area (Å²) >= 11 is 0. The highest BCUT2D eigenvalue weighted by molar-refractivity contribution is 5.03. The Hall–Kier alpha value is -0.930. The predicted octanol–water partition coefficient (Wildman–Crippen LogP) is 0.577. The van der Waals surface area contributed by atoms with Gasteiger partial charge in [0.2, 0.25) is 0 Å². The van der Waals surface area contributed by atoms with Gasteiger partial charge in [0, 0.05) is 31.4 Å². The maximum Gasteiger partial charge on any atom is 0.0416 e.